The molecule has 36 heavy (non-hydrogen) atoms. The summed E-state index contributed by atoms with van der Waals surface area (Å²) in [5, 5.41) is 20.9. The normalized spacial score (nSPS) is 22.4. The minimum absolute atomic E-state index is 0.366. The molecule has 1 aliphatic heterocycles. The van der Waals surface area contributed by atoms with Crippen LogP contribution in [-0.4, -0.2) is 61.6 Å². The van der Waals surface area contributed by atoms with Crippen molar-refractivity contribution < 1.29 is 9.47 Å². The predicted molar refractivity (Wildman–Crippen MR) is 143 cm³/mol. The van der Waals surface area contributed by atoms with Gasteiger partial charge in [0.25, 0.3) is 0 Å². The number of nitrogens with zero attached hydrogens (tertiary/aromatic N) is 3. The van der Waals surface area contributed by atoms with Gasteiger partial charge in [0.2, 0.25) is 0 Å². The number of rotatable bonds is 10. The van der Waals surface area contributed by atoms with Gasteiger partial charge in [0.05, 0.1) is 28.8 Å². The van der Waals surface area contributed by atoms with E-state index in [1.165, 1.54) is 0 Å². The summed E-state index contributed by atoms with van der Waals surface area (Å²) in [6.07, 6.45) is 7.56. The highest BCUT2D eigenvalue weighted by Gasteiger charge is 2.32. The third-order valence-corrected chi connectivity index (χ3v) is 7.49. The molecule has 2 aromatic rings. The van der Waals surface area contributed by atoms with Crippen molar-refractivity contribution in [2.24, 2.45) is 5.41 Å². The fraction of sp³-hybridized carbons (Fsp3) is 0.593. The molecule has 1 atom stereocenters. The number of nitrogens with one attached hydrogen (secondary N) is 3. The van der Waals surface area contributed by atoms with Gasteiger partial charge in [-0.15, -0.1) is 0 Å². The zero-order valence-corrected chi connectivity index (χ0v) is 22.0. The summed E-state index contributed by atoms with van der Waals surface area (Å²) in [5.41, 5.74) is 1.19. The van der Waals surface area contributed by atoms with Crippen molar-refractivity contribution in [1.29, 1.82) is 5.26 Å². The van der Waals surface area contributed by atoms with Gasteiger partial charge in [-0.1, -0.05) is 17.7 Å². The number of nitriles is 1. The van der Waals surface area contributed by atoms with E-state index in [4.69, 9.17) is 26.1 Å². The van der Waals surface area contributed by atoms with Gasteiger partial charge in [-0.3, -0.25) is 0 Å². The Hall–Kier alpha value is -2.44. The molecule has 2 aliphatic rings. The largest absolute Gasteiger partial charge is 0.383 e. The monoisotopic (exact) mass is 512 g/mol. The van der Waals surface area contributed by atoms with Gasteiger partial charge in [-0.2, -0.15) is 5.26 Å². The van der Waals surface area contributed by atoms with Crippen molar-refractivity contribution in [3.8, 4) is 17.3 Å². The van der Waals surface area contributed by atoms with E-state index in [9.17, 15) is 5.26 Å². The van der Waals surface area contributed by atoms with Crippen LogP contribution in [-0.2, 0) is 9.47 Å². The average molecular weight is 513 g/mol. The van der Waals surface area contributed by atoms with Crippen molar-refractivity contribution in [3.05, 3.63) is 35.5 Å². The fourth-order valence-corrected chi connectivity index (χ4v) is 5.26. The van der Waals surface area contributed by atoms with Crippen LogP contribution in [0.3, 0.4) is 0 Å². The molecule has 194 valence electrons. The van der Waals surface area contributed by atoms with Crippen LogP contribution in [0.5, 0.6) is 0 Å². The Kier molecular flexibility index (Phi) is 9.38. The molecule has 0 bridgehead atoms. The lowest BCUT2D eigenvalue weighted by Gasteiger charge is -2.32. The molecule has 0 aromatic carbocycles. The number of methoxy groups -OCH3 is 1. The summed E-state index contributed by atoms with van der Waals surface area (Å²) in [7, 11) is 1.74. The van der Waals surface area contributed by atoms with Crippen LogP contribution < -0.4 is 16.0 Å². The quantitative estimate of drug-likeness (QED) is 0.414. The number of ether oxygens (including phenoxy) is 2. The molecule has 8 nitrogen and oxygen atoms in total. The molecule has 2 aromatic heterocycles. The van der Waals surface area contributed by atoms with Crippen LogP contribution in [0.1, 0.15) is 45.4 Å². The minimum atomic E-state index is -0.419. The summed E-state index contributed by atoms with van der Waals surface area (Å²) in [4.78, 5) is 9.31. The van der Waals surface area contributed by atoms with Gasteiger partial charge in [-0.05, 0) is 63.6 Å². The number of anilines is 2. The van der Waals surface area contributed by atoms with E-state index >= 15 is 0 Å². The second kappa shape index (κ2) is 12.7. The molecular formula is C27H37ClN6O2. The van der Waals surface area contributed by atoms with Gasteiger partial charge in [0.1, 0.15) is 11.6 Å². The first-order valence-electron chi connectivity index (χ1n) is 12.9. The number of halogens is 1. The zero-order chi connectivity index (χ0) is 25.4. The topological polar surface area (TPSA) is 104 Å². The van der Waals surface area contributed by atoms with E-state index in [-0.39, 0.29) is 0 Å². The molecule has 0 radical (unpaired) electrons. The maximum absolute atomic E-state index is 9.72. The van der Waals surface area contributed by atoms with Gasteiger partial charge < -0.3 is 25.4 Å². The average Bonchev–Trinajstić information content (AvgIpc) is 2.90. The lowest BCUT2D eigenvalue weighted by Crippen LogP contribution is -2.42. The fourth-order valence-electron chi connectivity index (χ4n) is 5.06. The van der Waals surface area contributed by atoms with Crippen molar-refractivity contribution >= 4 is 23.2 Å². The SMILES string of the molecule is COC[C@H](C)N[C@H]1CC[C@H](Nc2cc(-c3cccc(NCC4(C#N)CCOCC4)n3)c(Cl)cn2)CC1. The summed E-state index contributed by atoms with van der Waals surface area (Å²) >= 11 is 6.54. The first-order chi connectivity index (χ1) is 17.5. The molecule has 0 unspecified atom stereocenters. The predicted octanol–water partition coefficient (Wildman–Crippen LogP) is 4.88. The molecule has 9 heteroatoms. The van der Waals surface area contributed by atoms with E-state index in [1.54, 1.807) is 13.3 Å². The summed E-state index contributed by atoms with van der Waals surface area (Å²) in [6, 6.07) is 11.6. The number of hydrogen-bond donors (Lipinski definition) is 3. The van der Waals surface area contributed by atoms with Crippen LogP contribution in [0.15, 0.2) is 30.5 Å². The molecule has 4 rings (SSSR count). The van der Waals surface area contributed by atoms with E-state index in [1.807, 2.05) is 24.3 Å². The Bertz CT molecular complexity index is 1030. The van der Waals surface area contributed by atoms with E-state index in [0.717, 1.165) is 68.0 Å². The Morgan fingerprint density at radius 3 is 2.67 bits per heavy atom. The van der Waals surface area contributed by atoms with Gasteiger partial charge in [-0.25, -0.2) is 9.97 Å². The first kappa shape index (κ1) is 26.6. The second-order valence-corrected chi connectivity index (χ2v) is 10.4. The Morgan fingerprint density at radius 1 is 1.19 bits per heavy atom. The Balaban J connectivity index is 1.37. The molecule has 3 heterocycles. The van der Waals surface area contributed by atoms with Gasteiger partial charge in [0.15, 0.2) is 0 Å². The smallest absolute Gasteiger partial charge is 0.126 e. The summed E-state index contributed by atoms with van der Waals surface area (Å²) in [5.74, 6) is 1.54. The molecule has 3 N–H and O–H groups in total. The van der Waals surface area contributed by atoms with Gasteiger partial charge in [0, 0.05) is 56.8 Å². The minimum Gasteiger partial charge on any atom is -0.383 e. The first-order valence-corrected chi connectivity index (χ1v) is 13.3. The second-order valence-electron chi connectivity index (χ2n) is 10.0. The van der Waals surface area contributed by atoms with Crippen LogP contribution in [0, 0.1) is 16.7 Å². The lowest BCUT2D eigenvalue weighted by molar-refractivity contribution is 0.0455. The molecule has 1 saturated heterocycles. The highest BCUT2D eigenvalue weighted by atomic mass is 35.5. The van der Waals surface area contributed by atoms with Crippen LogP contribution >= 0.6 is 11.6 Å². The Morgan fingerprint density at radius 2 is 1.94 bits per heavy atom. The van der Waals surface area contributed by atoms with Crippen molar-refractivity contribution in [1.82, 2.24) is 15.3 Å². The van der Waals surface area contributed by atoms with E-state index in [2.05, 4.69) is 33.9 Å². The summed E-state index contributed by atoms with van der Waals surface area (Å²) < 4.78 is 10.7. The van der Waals surface area contributed by atoms with Crippen molar-refractivity contribution in [2.45, 2.75) is 63.6 Å². The van der Waals surface area contributed by atoms with Crippen molar-refractivity contribution in [3.63, 3.8) is 0 Å². The maximum atomic E-state index is 9.72. The van der Waals surface area contributed by atoms with E-state index < -0.39 is 5.41 Å². The standard InChI is InChI=1S/C27H37ClN6O2/c1-19(16-35-2)32-20-6-8-21(9-7-20)33-26-14-22(23(28)15-30-26)24-4-3-5-25(34-24)31-18-27(17-29)10-12-36-13-11-27/h3-5,14-15,19-21,32H,6-13,16,18H2,1-2H3,(H,30,33)(H,31,34)/t19-,20-,21-/m0/s1. The Labute approximate surface area is 219 Å². The van der Waals surface area contributed by atoms with Gasteiger partial charge >= 0.3 is 0 Å². The molecular weight excluding hydrogens is 476 g/mol. The summed E-state index contributed by atoms with van der Waals surface area (Å²) in [6.45, 7) is 4.68. The van der Waals surface area contributed by atoms with Crippen LogP contribution in [0.4, 0.5) is 11.6 Å². The van der Waals surface area contributed by atoms with Crippen LogP contribution in [0.25, 0.3) is 11.3 Å². The number of aromatic nitrogens is 2. The highest BCUT2D eigenvalue weighted by molar-refractivity contribution is 6.33. The third kappa shape index (κ3) is 7.07. The maximum Gasteiger partial charge on any atom is 0.126 e. The molecule has 0 spiro atoms. The third-order valence-electron chi connectivity index (χ3n) is 7.19. The van der Waals surface area contributed by atoms with Crippen LogP contribution in [0.2, 0.25) is 5.02 Å². The molecule has 1 aliphatic carbocycles. The molecule has 2 fully saturated rings. The number of hydrogen-bond acceptors (Lipinski definition) is 8. The van der Waals surface area contributed by atoms with E-state index in [0.29, 0.717) is 42.9 Å². The molecule has 1 saturated carbocycles. The lowest BCUT2D eigenvalue weighted by atomic mass is 9.82. The highest BCUT2D eigenvalue weighted by Crippen LogP contribution is 2.32. The zero-order valence-electron chi connectivity index (χ0n) is 21.2. The number of pyridine rings is 2. The molecule has 0 amide bonds. The van der Waals surface area contributed by atoms with Crippen molar-refractivity contribution in [2.75, 3.05) is 44.1 Å².